The minimum absolute atomic E-state index is 0.0164. The summed E-state index contributed by atoms with van der Waals surface area (Å²) in [5.74, 6) is 0.530. The van der Waals surface area contributed by atoms with Crippen LogP contribution in [0.1, 0.15) is 19.8 Å². The quantitative estimate of drug-likeness (QED) is 0.471. The Morgan fingerprint density at radius 2 is 2.08 bits per heavy atom. The number of hydrogen-bond acceptors (Lipinski definition) is 2. The summed E-state index contributed by atoms with van der Waals surface area (Å²) in [5, 5.41) is 0. The number of hydrogen-bond donors (Lipinski definition) is 0. The second-order valence-corrected chi connectivity index (χ2v) is 3.57. The molecule has 1 saturated carbocycles. The number of carbonyl (C=O) groups is 2. The van der Waals surface area contributed by atoms with E-state index < -0.39 is 0 Å². The van der Waals surface area contributed by atoms with Crippen molar-refractivity contribution in [2.45, 2.75) is 19.8 Å². The van der Waals surface area contributed by atoms with Gasteiger partial charge < -0.3 is 4.79 Å². The molecular weight excluding hydrogens is 152 g/mol. The first-order valence-corrected chi connectivity index (χ1v) is 4.30. The van der Waals surface area contributed by atoms with Gasteiger partial charge in [-0.1, -0.05) is 13.5 Å². The lowest BCUT2D eigenvalue weighted by atomic mass is 9.87. The van der Waals surface area contributed by atoms with E-state index in [1.807, 2.05) is 0 Å². The van der Waals surface area contributed by atoms with E-state index in [0.29, 0.717) is 11.5 Å². The maximum absolute atomic E-state index is 10.7. The van der Waals surface area contributed by atoms with Gasteiger partial charge in [0.15, 0.2) is 0 Å². The Labute approximate surface area is 72.7 Å². The molecule has 0 saturated heterocycles. The Morgan fingerprint density at radius 3 is 2.58 bits per heavy atom. The number of aldehydes is 2. The van der Waals surface area contributed by atoms with Crippen LogP contribution in [0.4, 0.5) is 0 Å². The Morgan fingerprint density at radius 1 is 1.42 bits per heavy atom. The molecule has 1 fully saturated rings. The van der Waals surface area contributed by atoms with Crippen LogP contribution in [0.5, 0.6) is 0 Å². The fourth-order valence-electron chi connectivity index (χ4n) is 1.97. The molecule has 1 aliphatic carbocycles. The summed E-state index contributed by atoms with van der Waals surface area (Å²) in [6.45, 7) is 5.71. The van der Waals surface area contributed by atoms with Crippen LogP contribution in [-0.2, 0) is 9.59 Å². The summed E-state index contributed by atoms with van der Waals surface area (Å²) in [4.78, 5) is 21.1. The summed E-state index contributed by atoms with van der Waals surface area (Å²) in [6, 6.07) is 0. The molecule has 0 spiro atoms. The third-order valence-electron chi connectivity index (χ3n) is 2.84. The predicted molar refractivity (Wildman–Crippen MR) is 46.6 cm³/mol. The van der Waals surface area contributed by atoms with Crippen LogP contribution in [-0.4, -0.2) is 12.6 Å². The van der Waals surface area contributed by atoms with Gasteiger partial charge in [-0.05, 0) is 30.3 Å². The molecule has 0 radical (unpaired) electrons. The second-order valence-electron chi connectivity index (χ2n) is 3.57. The van der Waals surface area contributed by atoms with Crippen molar-refractivity contribution in [2.24, 2.45) is 17.8 Å². The maximum atomic E-state index is 10.7. The highest BCUT2D eigenvalue weighted by Gasteiger charge is 2.34. The summed E-state index contributed by atoms with van der Waals surface area (Å²) >= 11 is 0. The van der Waals surface area contributed by atoms with E-state index >= 15 is 0 Å². The molecule has 1 rings (SSSR count). The molecule has 0 aromatic heterocycles. The summed E-state index contributed by atoms with van der Waals surface area (Å²) in [7, 11) is 0. The zero-order chi connectivity index (χ0) is 9.14. The highest BCUT2D eigenvalue weighted by Crippen LogP contribution is 2.38. The zero-order valence-electron chi connectivity index (χ0n) is 7.32. The highest BCUT2D eigenvalue weighted by atomic mass is 16.1. The molecule has 12 heavy (non-hydrogen) atoms. The van der Waals surface area contributed by atoms with Gasteiger partial charge in [0.25, 0.3) is 0 Å². The van der Waals surface area contributed by atoms with Crippen molar-refractivity contribution in [3.63, 3.8) is 0 Å². The molecule has 0 amide bonds. The van der Waals surface area contributed by atoms with E-state index in [-0.39, 0.29) is 11.8 Å². The lowest BCUT2D eigenvalue weighted by molar-refractivity contribution is -0.112. The van der Waals surface area contributed by atoms with Gasteiger partial charge in [0.2, 0.25) is 0 Å². The molecule has 0 bridgehead atoms. The van der Waals surface area contributed by atoms with E-state index in [4.69, 9.17) is 0 Å². The standard InChI is InChI=1S/C10H14O2/c1-7-3-4-9(8(2)5-11)10(7)6-12/h5-7,9-10H,2-4H2,1H3/t7-,9+,10+/m1/s1. The van der Waals surface area contributed by atoms with Gasteiger partial charge in [-0.2, -0.15) is 0 Å². The van der Waals surface area contributed by atoms with Gasteiger partial charge in [-0.25, -0.2) is 0 Å². The van der Waals surface area contributed by atoms with Gasteiger partial charge in [0, 0.05) is 5.92 Å². The Bertz CT molecular complexity index is 208. The normalized spacial score (nSPS) is 34.6. The lowest BCUT2D eigenvalue weighted by Crippen LogP contribution is -2.16. The summed E-state index contributed by atoms with van der Waals surface area (Å²) < 4.78 is 0. The van der Waals surface area contributed by atoms with E-state index in [9.17, 15) is 9.59 Å². The van der Waals surface area contributed by atoms with Crippen molar-refractivity contribution in [1.29, 1.82) is 0 Å². The largest absolute Gasteiger partial charge is 0.303 e. The van der Waals surface area contributed by atoms with E-state index in [1.54, 1.807) is 0 Å². The van der Waals surface area contributed by atoms with Gasteiger partial charge in [0.1, 0.15) is 12.6 Å². The monoisotopic (exact) mass is 166 g/mol. The van der Waals surface area contributed by atoms with Crippen molar-refractivity contribution in [3.05, 3.63) is 12.2 Å². The molecular formula is C10H14O2. The van der Waals surface area contributed by atoms with Crippen LogP contribution in [0, 0.1) is 17.8 Å². The average molecular weight is 166 g/mol. The first-order chi connectivity index (χ1) is 5.70. The van der Waals surface area contributed by atoms with E-state index in [0.717, 1.165) is 25.4 Å². The molecule has 0 N–H and O–H groups in total. The van der Waals surface area contributed by atoms with Gasteiger partial charge in [0.05, 0.1) is 0 Å². The fourth-order valence-corrected chi connectivity index (χ4v) is 1.97. The van der Waals surface area contributed by atoms with Gasteiger partial charge in [-0.15, -0.1) is 0 Å². The smallest absolute Gasteiger partial charge is 0.145 e. The molecule has 0 heterocycles. The molecule has 1 aliphatic rings. The molecule has 0 aliphatic heterocycles. The second kappa shape index (κ2) is 3.65. The first-order valence-electron chi connectivity index (χ1n) is 4.30. The van der Waals surface area contributed by atoms with Crippen molar-refractivity contribution < 1.29 is 9.59 Å². The van der Waals surface area contributed by atoms with Crippen LogP contribution in [0.3, 0.4) is 0 Å². The van der Waals surface area contributed by atoms with Crippen LogP contribution < -0.4 is 0 Å². The summed E-state index contributed by atoms with van der Waals surface area (Å²) in [5.41, 5.74) is 0.580. The van der Waals surface area contributed by atoms with Crippen molar-refractivity contribution in [2.75, 3.05) is 0 Å². The van der Waals surface area contributed by atoms with Crippen molar-refractivity contribution in [3.8, 4) is 0 Å². The minimum atomic E-state index is 0.0164. The maximum Gasteiger partial charge on any atom is 0.145 e. The van der Waals surface area contributed by atoms with Crippen LogP contribution >= 0.6 is 0 Å². The lowest BCUT2D eigenvalue weighted by Gasteiger charge is -2.15. The van der Waals surface area contributed by atoms with Crippen molar-refractivity contribution in [1.82, 2.24) is 0 Å². The highest BCUT2D eigenvalue weighted by molar-refractivity contribution is 5.74. The van der Waals surface area contributed by atoms with Crippen molar-refractivity contribution >= 4 is 12.6 Å². The summed E-state index contributed by atoms with van der Waals surface area (Å²) in [6.07, 6.45) is 3.71. The third kappa shape index (κ3) is 1.47. The van der Waals surface area contributed by atoms with Gasteiger partial charge >= 0.3 is 0 Å². The SMILES string of the molecule is C=C(C=O)[C@@H]1CC[C@@H](C)[C@@H]1C=O. The molecule has 2 heteroatoms. The predicted octanol–water partition coefficient (Wildman–Crippen LogP) is 1.60. The Kier molecular flexibility index (Phi) is 2.79. The minimum Gasteiger partial charge on any atom is -0.303 e. The average Bonchev–Trinajstić information content (AvgIpc) is 2.45. The van der Waals surface area contributed by atoms with Crippen LogP contribution in [0.15, 0.2) is 12.2 Å². The van der Waals surface area contributed by atoms with Gasteiger partial charge in [-0.3, -0.25) is 4.79 Å². The number of allylic oxidation sites excluding steroid dienone is 1. The first kappa shape index (κ1) is 9.17. The zero-order valence-corrected chi connectivity index (χ0v) is 7.32. The van der Waals surface area contributed by atoms with E-state index in [1.165, 1.54) is 0 Å². The molecule has 0 aromatic carbocycles. The molecule has 0 aromatic rings. The topological polar surface area (TPSA) is 34.1 Å². The number of carbonyl (C=O) groups excluding carboxylic acids is 2. The third-order valence-corrected chi connectivity index (χ3v) is 2.84. The number of rotatable bonds is 3. The molecule has 3 atom stereocenters. The Hall–Kier alpha value is -0.920. The molecule has 2 nitrogen and oxygen atoms in total. The van der Waals surface area contributed by atoms with Crippen LogP contribution in [0.25, 0.3) is 0 Å². The molecule has 0 unspecified atom stereocenters. The van der Waals surface area contributed by atoms with E-state index in [2.05, 4.69) is 13.5 Å². The fraction of sp³-hybridized carbons (Fsp3) is 0.600. The van der Waals surface area contributed by atoms with Crippen LogP contribution in [0.2, 0.25) is 0 Å². The Balaban J connectivity index is 2.72. The molecule has 66 valence electrons.